The molecule has 0 spiro atoms. The zero-order valence-corrected chi connectivity index (χ0v) is 19.4. The van der Waals surface area contributed by atoms with E-state index in [-0.39, 0.29) is 12.1 Å². The number of hydrogen-bond donors (Lipinski definition) is 0. The van der Waals surface area contributed by atoms with Gasteiger partial charge < -0.3 is 4.74 Å². The molecule has 0 saturated heterocycles. The molecule has 1 saturated carbocycles. The minimum Gasteiger partial charge on any atom is -0.458 e. The average Bonchev–Trinajstić information content (AvgIpc) is 2.79. The predicted molar refractivity (Wildman–Crippen MR) is 128 cm³/mol. The molecule has 1 aliphatic heterocycles. The second-order valence-corrected chi connectivity index (χ2v) is 9.89. The van der Waals surface area contributed by atoms with Gasteiger partial charge in [-0.2, -0.15) is 0 Å². The molecule has 1 unspecified atom stereocenters. The Labute approximate surface area is 188 Å². The first kappa shape index (κ1) is 22.1. The Kier molecular flexibility index (Phi) is 7.48. The van der Waals surface area contributed by atoms with Crippen LogP contribution in [-0.4, -0.2) is 12.1 Å². The fraction of sp³-hybridized carbons (Fsp3) is 0.552. The van der Waals surface area contributed by atoms with Crippen LogP contribution >= 0.6 is 0 Å². The normalized spacial score (nSPS) is 23.3. The van der Waals surface area contributed by atoms with Crippen molar-refractivity contribution >= 4 is 5.97 Å². The Balaban J connectivity index is 1.22. The van der Waals surface area contributed by atoms with Gasteiger partial charge in [-0.1, -0.05) is 61.7 Å². The lowest BCUT2D eigenvalue weighted by atomic mass is 9.76. The summed E-state index contributed by atoms with van der Waals surface area (Å²) in [4.78, 5) is 12.4. The minimum absolute atomic E-state index is 0.0562. The summed E-state index contributed by atoms with van der Waals surface area (Å²) >= 11 is 0. The molecule has 0 N–H and O–H groups in total. The van der Waals surface area contributed by atoms with Crippen molar-refractivity contribution in [2.24, 2.45) is 5.92 Å². The number of fused-ring (bicyclic) bond motifs is 1. The van der Waals surface area contributed by atoms with Crippen molar-refractivity contribution in [3.63, 3.8) is 0 Å². The van der Waals surface area contributed by atoms with Crippen LogP contribution in [0.1, 0.15) is 103 Å². The number of esters is 1. The Morgan fingerprint density at radius 3 is 2.45 bits per heavy atom. The summed E-state index contributed by atoms with van der Waals surface area (Å²) in [5, 5.41) is 0. The van der Waals surface area contributed by atoms with Crippen LogP contribution in [0.3, 0.4) is 0 Å². The van der Waals surface area contributed by atoms with E-state index in [0.29, 0.717) is 0 Å². The molecule has 2 heteroatoms. The Morgan fingerprint density at radius 1 is 0.935 bits per heavy atom. The highest BCUT2D eigenvalue weighted by Gasteiger charge is 2.28. The number of aryl methyl sites for hydroxylation is 2. The molecule has 2 aromatic rings. The summed E-state index contributed by atoms with van der Waals surface area (Å²) in [5.74, 6) is 1.38. The minimum atomic E-state index is -0.128. The third-order valence-electron chi connectivity index (χ3n) is 7.47. The molecule has 0 bridgehead atoms. The second-order valence-electron chi connectivity index (χ2n) is 9.89. The molecule has 0 aromatic heterocycles. The van der Waals surface area contributed by atoms with Crippen molar-refractivity contribution in [3.8, 4) is 0 Å². The number of cyclic esters (lactones) is 1. The Hall–Kier alpha value is -2.09. The monoisotopic (exact) mass is 418 g/mol. The second kappa shape index (κ2) is 10.5. The summed E-state index contributed by atoms with van der Waals surface area (Å²) in [6.45, 7) is 4.29. The summed E-state index contributed by atoms with van der Waals surface area (Å²) in [5.41, 5.74) is 6.08. The molecule has 31 heavy (non-hydrogen) atoms. The van der Waals surface area contributed by atoms with Gasteiger partial charge >= 0.3 is 5.97 Å². The third kappa shape index (κ3) is 5.79. The zero-order chi connectivity index (χ0) is 21.6. The van der Waals surface area contributed by atoms with Crippen molar-refractivity contribution in [1.82, 2.24) is 0 Å². The molecular weight excluding hydrogens is 380 g/mol. The first-order chi connectivity index (χ1) is 15.1. The van der Waals surface area contributed by atoms with E-state index >= 15 is 0 Å². The Morgan fingerprint density at radius 2 is 1.71 bits per heavy atom. The van der Waals surface area contributed by atoms with Gasteiger partial charge in [0.05, 0.1) is 5.56 Å². The smallest absolute Gasteiger partial charge is 0.338 e. The van der Waals surface area contributed by atoms with Gasteiger partial charge in [0.1, 0.15) is 6.10 Å². The summed E-state index contributed by atoms with van der Waals surface area (Å²) in [6, 6.07) is 15.7. The first-order valence-electron chi connectivity index (χ1n) is 12.5. The molecule has 0 amide bonds. The van der Waals surface area contributed by atoms with Crippen LogP contribution in [0.5, 0.6) is 0 Å². The van der Waals surface area contributed by atoms with E-state index in [1.165, 1.54) is 68.9 Å². The van der Waals surface area contributed by atoms with Gasteiger partial charge in [-0.25, -0.2) is 4.79 Å². The number of benzene rings is 2. The maximum Gasteiger partial charge on any atom is 0.338 e. The van der Waals surface area contributed by atoms with Crippen LogP contribution in [0.2, 0.25) is 0 Å². The zero-order valence-electron chi connectivity index (χ0n) is 19.4. The van der Waals surface area contributed by atoms with Crippen molar-refractivity contribution in [3.05, 3.63) is 70.3 Å². The van der Waals surface area contributed by atoms with Crippen LogP contribution in [0, 0.1) is 12.8 Å². The average molecular weight is 419 g/mol. The summed E-state index contributed by atoms with van der Waals surface area (Å²) < 4.78 is 5.76. The van der Waals surface area contributed by atoms with Crippen LogP contribution in [0.15, 0.2) is 42.5 Å². The molecule has 1 fully saturated rings. The topological polar surface area (TPSA) is 26.3 Å². The highest BCUT2D eigenvalue weighted by molar-refractivity contribution is 5.92. The van der Waals surface area contributed by atoms with Gasteiger partial charge in [0.15, 0.2) is 0 Å². The van der Waals surface area contributed by atoms with Crippen molar-refractivity contribution in [1.29, 1.82) is 0 Å². The van der Waals surface area contributed by atoms with Gasteiger partial charge in [0, 0.05) is 6.42 Å². The van der Waals surface area contributed by atoms with Crippen molar-refractivity contribution in [2.45, 2.75) is 96.5 Å². The Bertz CT molecular complexity index is 859. The van der Waals surface area contributed by atoms with Gasteiger partial charge in [-0.15, -0.1) is 0 Å². The molecule has 1 aliphatic carbocycles. The maximum absolute atomic E-state index is 12.4. The fourth-order valence-corrected chi connectivity index (χ4v) is 5.46. The largest absolute Gasteiger partial charge is 0.458 e. The van der Waals surface area contributed by atoms with E-state index in [1.807, 2.05) is 13.0 Å². The molecule has 4 rings (SSSR count). The maximum atomic E-state index is 12.4. The molecular formula is C29H38O2. The van der Waals surface area contributed by atoms with Crippen LogP contribution in [-0.2, 0) is 17.6 Å². The van der Waals surface area contributed by atoms with Gasteiger partial charge in [0.2, 0.25) is 0 Å². The molecule has 166 valence electrons. The molecule has 2 nitrogen and oxygen atoms in total. The first-order valence-corrected chi connectivity index (χ1v) is 12.5. The lowest BCUT2D eigenvalue weighted by Crippen LogP contribution is -2.28. The van der Waals surface area contributed by atoms with E-state index in [0.717, 1.165) is 41.4 Å². The highest BCUT2D eigenvalue weighted by Crippen LogP contribution is 2.38. The van der Waals surface area contributed by atoms with Gasteiger partial charge in [-0.3, -0.25) is 0 Å². The standard InChI is InChI=1S/C29H38O2/c1-3-4-5-6-22-8-14-24(15-9-22)25-16-10-23(11-17-25)12-18-27-20-26-13-7-21(2)19-28(26)29(30)31-27/h7-9,13-15,19,23,25,27H,3-6,10-12,16-18,20H2,1-2H3. The van der Waals surface area contributed by atoms with Crippen LogP contribution < -0.4 is 0 Å². The predicted octanol–water partition coefficient (Wildman–Crippen LogP) is 7.56. The highest BCUT2D eigenvalue weighted by atomic mass is 16.5. The number of carbonyl (C=O) groups excluding carboxylic acids is 1. The number of carbonyl (C=O) groups is 1. The van der Waals surface area contributed by atoms with E-state index in [9.17, 15) is 4.79 Å². The molecule has 1 atom stereocenters. The van der Waals surface area contributed by atoms with Crippen molar-refractivity contribution in [2.75, 3.05) is 0 Å². The third-order valence-corrected chi connectivity index (χ3v) is 7.47. The lowest BCUT2D eigenvalue weighted by molar-refractivity contribution is 0.0217. The fourth-order valence-electron chi connectivity index (χ4n) is 5.46. The SMILES string of the molecule is CCCCCc1ccc(C2CCC(CCC3Cc4ccc(C)cc4C(=O)O3)CC2)cc1. The quantitative estimate of drug-likeness (QED) is 0.326. The molecule has 1 heterocycles. The summed E-state index contributed by atoms with van der Waals surface area (Å²) in [6.07, 6.45) is 13.5. The van der Waals surface area contributed by atoms with Crippen LogP contribution in [0.25, 0.3) is 0 Å². The van der Waals surface area contributed by atoms with E-state index in [4.69, 9.17) is 4.74 Å². The number of ether oxygens (including phenoxy) is 1. The van der Waals surface area contributed by atoms with Gasteiger partial charge in [0.25, 0.3) is 0 Å². The van der Waals surface area contributed by atoms with Crippen LogP contribution in [0.4, 0.5) is 0 Å². The lowest BCUT2D eigenvalue weighted by Gasteiger charge is -2.31. The van der Waals surface area contributed by atoms with E-state index < -0.39 is 0 Å². The number of hydrogen-bond acceptors (Lipinski definition) is 2. The van der Waals surface area contributed by atoms with Crippen molar-refractivity contribution < 1.29 is 9.53 Å². The number of rotatable bonds is 8. The molecule has 2 aromatic carbocycles. The molecule has 0 radical (unpaired) electrons. The molecule has 2 aliphatic rings. The number of unbranched alkanes of at least 4 members (excludes halogenated alkanes) is 2. The summed E-state index contributed by atoms with van der Waals surface area (Å²) in [7, 11) is 0. The van der Waals surface area contributed by atoms with E-state index in [2.05, 4.69) is 43.3 Å². The van der Waals surface area contributed by atoms with E-state index in [1.54, 1.807) is 0 Å². The van der Waals surface area contributed by atoms with Gasteiger partial charge in [-0.05, 0) is 92.9 Å².